The van der Waals surface area contributed by atoms with Crippen LogP contribution in [0, 0.1) is 10.1 Å². The number of amides is 2. The molecular weight excluding hydrogens is 681 g/mol. The maximum Gasteiger partial charge on any atom is 0.410 e. The molecule has 0 bridgehead atoms. The van der Waals surface area contributed by atoms with E-state index in [4.69, 9.17) is 4.74 Å². The van der Waals surface area contributed by atoms with E-state index < -0.39 is 32.1 Å². The molecule has 0 saturated carbocycles. The molecule has 2 aliphatic rings. The van der Waals surface area contributed by atoms with E-state index in [2.05, 4.69) is 15.1 Å². The summed E-state index contributed by atoms with van der Waals surface area (Å²) in [5.74, 6) is -0.196. The minimum atomic E-state index is -4.39. The number of nitro benzene ring substituents is 1. The Hall–Kier alpha value is -4.34. The Kier molecular flexibility index (Phi) is 11.9. The van der Waals surface area contributed by atoms with Crippen LogP contribution in [0.25, 0.3) is 0 Å². The van der Waals surface area contributed by atoms with Gasteiger partial charge in [0, 0.05) is 79.8 Å². The van der Waals surface area contributed by atoms with Crippen LogP contribution in [0.1, 0.15) is 44.0 Å². The second-order valence-electron chi connectivity index (χ2n) is 13.3. The minimum Gasteiger partial charge on any atom is -0.444 e. The van der Waals surface area contributed by atoms with Crippen molar-refractivity contribution < 1.29 is 27.7 Å². The van der Waals surface area contributed by atoms with Crippen LogP contribution in [0.4, 0.5) is 21.9 Å². The Balaban J connectivity index is 1.12. The Morgan fingerprint density at radius 1 is 0.980 bits per heavy atom. The molecule has 2 N–H and O–H groups in total. The molecule has 1 unspecified atom stereocenters. The second kappa shape index (κ2) is 16.1. The van der Waals surface area contributed by atoms with Gasteiger partial charge in [0.1, 0.15) is 11.3 Å². The predicted octanol–water partition coefficient (Wildman–Crippen LogP) is 5.44. The van der Waals surface area contributed by atoms with Crippen molar-refractivity contribution in [1.82, 2.24) is 14.5 Å². The number of carbonyl (C=O) groups excluding carboxylic acids is 2. The lowest BCUT2D eigenvalue weighted by atomic mass is 10.1. The van der Waals surface area contributed by atoms with Crippen LogP contribution in [0.3, 0.4) is 0 Å². The molecule has 3 aromatic rings. The summed E-state index contributed by atoms with van der Waals surface area (Å²) < 4.78 is 33.8. The largest absolute Gasteiger partial charge is 0.444 e. The quantitative estimate of drug-likeness (QED) is 0.106. The van der Waals surface area contributed by atoms with Crippen molar-refractivity contribution in [3.05, 3.63) is 88.5 Å². The van der Waals surface area contributed by atoms with Gasteiger partial charge < -0.3 is 19.9 Å². The van der Waals surface area contributed by atoms with Crippen molar-refractivity contribution >= 4 is 50.8 Å². The Labute approximate surface area is 297 Å². The highest BCUT2D eigenvalue weighted by Gasteiger charge is 2.34. The number of carbonyl (C=O) groups is 2. The second-order valence-corrected chi connectivity index (χ2v) is 16.1. The van der Waals surface area contributed by atoms with Gasteiger partial charge in [0.15, 0.2) is 0 Å². The van der Waals surface area contributed by atoms with Gasteiger partial charge in [-0.15, -0.1) is 11.8 Å². The van der Waals surface area contributed by atoms with E-state index in [1.54, 1.807) is 36.0 Å². The summed E-state index contributed by atoms with van der Waals surface area (Å²) in [5, 5.41) is 14.8. The van der Waals surface area contributed by atoms with Crippen LogP contribution in [-0.2, 0) is 14.8 Å². The summed E-state index contributed by atoms with van der Waals surface area (Å²) in [5.41, 5.74) is 0.296. The SMILES string of the molecule is CC(C)(C)OC(=O)N1CCCC1CN1CCN(c2ccc(C(=O)NS(=O)(=O)c3ccc(NCCSc4ccccc4)c([N+](=O)[O-])c3)cc2)CC1. The Bertz CT molecular complexity index is 1760. The van der Waals surface area contributed by atoms with Crippen LogP contribution >= 0.6 is 11.8 Å². The Morgan fingerprint density at radius 3 is 2.34 bits per heavy atom. The monoisotopic (exact) mass is 724 g/mol. The zero-order chi connectivity index (χ0) is 35.9. The number of likely N-dealkylation sites (tertiary alicyclic amines) is 1. The number of rotatable bonds is 12. The van der Waals surface area contributed by atoms with E-state index in [9.17, 15) is 28.1 Å². The summed E-state index contributed by atoms with van der Waals surface area (Å²) in [4.78, 5) is 43.9. The van der Waals surface area contributed by atoms with Gasteiger partial charge in [0.2, 0.25) is 0 Å². The fourth-order valence-corrected chi connectivity index (χ4v) is 7.77. The van der Waals surface area contributed by atoms with Gasteiger partial charge in [0.25, 0.3) is 21.6 Å². The maximum absolute atomic E-state index is 13.1. The number of nitrogens with one attached hydrogen (secondary N) is 2. The first-order chi connectivity index (χ1) is 23.8. The van der Waals surface area contributed by atoms with E-state index in [1.807, 2.05) is 60.7 Å². The van der Waals surface area contributed by atoms with Gasteiger partial charge >= 0.3 is 6.09 Å². The molecule has 0 aromatic heterocycles. The van der Waals surface area contributed by atoms with Gasteiger partial charge in [-0.25, -0.2) is 17.9 Å². The number of anilines is 2. The lowest BCUT2D eigenvalue weighted by Gasteiger charge is -2.38. The first-order valence-electron chi connectivity index (χ1n) is 16.6. The topological polar surface area (TPSA) is 154 Å². The molecule has 0 spiro atoms. The van der Waals surface area contributed by atoms with Crippen LogP contribution in [0.15, 0.2) is 82.6 Å². The first-order valence-corrected chi connectivity index (χ1v) is 19.1. The number of nitro groups is 1. The number of hydrogen-bond donors (Lipinski definition) is 2. The van der Waals surface area contributed by atoms with Gasteiger partial charge in [-0.1, -0.05) is 18.2 Å². The molecule has 13 nitrogen and oxygen atoms in total. The zero-order valence-corrected chi connectivity index (χ0v) is 30.2. The van der Waals surface area contributed by atoms with Gasteiger partial charge in [-0.3, -0.25) is 19.8 Å². The first kappa shape index (κ1) is 36.9. The number of ether oxygens (including phenoxy) is 1. The zero-order valence-electron chi connectivity index (χ0n) is 28.5. The number of nitrogens with zero attached hydrogens (tertiary/aromatic N) is 4. The van der Waals surface area contributed by atoms with E-state index in [-0.39, 0.29) is 28.3 Å². The van der Waals surface area contributed by atoms with Crippen molar-refractivity contribution in [1.29, 1.82) is 0 Å². The van der Waals surface area contributed by atoms with Crippen LogP contribution in [0.2, 0.25) is 0 Å². The summed E-state index contributed by atoms with van der Waals surface area (Å²) in [6, 6.07) is 20.1. The number of benzene rings is 3. The molecule has 2 saturated heterocycles. The molecule has 268 valence electrons. The molecule has 2 amide bonds. The maximum atomic E-state index is 13.1. The van der Waals surface area contributed by atoms with E-state index >= 15 is 0 Å². The fourth-order valence-electron chi connectivity index (χ4n) is 5.99. The summed E-state index contributed by atoms with van der Waals surface area (Å²) in [6.45, 7) is 10.7. The molecule has 0 aliphatic carbocycles. The summed E-state index contributed by atoms with van der Waals surface area (Å²) in [6.07, 6.45) is 1.66. The molecule has 5 rings (SSSR count). The summed E-state index contributed by atoms with van der Waals surface area (Å²) >= 11 is 1.59. The van der Waals surface area contributed by atoms with Gasteiger partial charge in [0.05, 0.1) is 9.82 Å². The number of hydrogen-bond acceptors (Lipinski definition) is 11. The highest BCUT2D eigenvalue weighted by Crippen LogP contribution is 2.29. The molecule has 15 heteroatoms. The fraction of sp³-hybridized carbons (Fsp3) is 0.429. The number of sulfonamides is 1. The normalized spacial score (nSPS) is 17.0. The van der Waals surface area contributed by atoms with Gasteiger partial charge in [-0.2, -0.15) is 0 Å². The van der Waals surface area contributed by atoms with Crippen LogP contribution < -0.4 is 14.9 Å². The number of thioether (sulfide) groups is 1. The third-order valence-corrected chi connectivity index (χ3v) is 10.8. The van der Waals surface area contributed by atoms with Gasteiger partial charge in [-0.05, 0) is 82.1 Å². The van der Waals surface area contributed by atoms with Crippen molar-refractivity contribution in [3.8, 4) is 0 Å². The number of piperazine rings is 1. The van der Waals surface area contributed by atoms with E-state index in [1.165, 1.54) is 12.1 Å². The smallest absolute Gasteiger partial charge is 0.410 e. The average molecular weight is 725 g/mol. The average Bonchev–Trinajstić information content (AvgIpc) is 3.55. The minimum absolute atomic E-state index is 0.126. The molecule has 0 radical (unpaired) electrons. The highest BCUT2D eigenvalue weighted by atomic mass is 32.2. The third kappa shape index (κ3) is 9.88. The predicted molar refractivity (Wildman–Crippen MR) is 194 cm³/mol. The van der Waals surface area contributed by atoms with E-state index in [0.717, 1.165) is 62.2 Å². The molecular formula is C35H44N6O7S2. The lowest BCUT2D eigenvalue weighted by Crippen LogP contribution is -2.51. The lowest BCUT2D eigenvalue weighted by molar-refractivity contribution is -0.384. The van der Waals surface area contributed by atoms with Crippen molar-refractivity contribution in [2.75, 3.05) is 61.8 Å². The summed E-state index contributed by atoms with van der Waals surface area (Å²) in [7, 11) is -4.39. The van der Waals surface area contributed by atoms with Crippen LogP contribution in [-0.4, -0.2) is 98.4 Å². The highest BCUT2D eigenvalue weighted by molar-refractivity contribution is 7.99. The van der Waals surface area contributed by atoms with Crippen molar-refractivity contribution in [3.63, 3.8) is 0 Å². The molecule has 1 atom stereocenters. The Morgan fingerprint density at radius 2 is 1.68 bits per heavy atom. The van der Waals surface area contributed by atoms with Crippen molar-refractivity contribution in [2.24, 2.45) is 0 Å². The molecule has 2 aliphatic heterocycles. The molecule has 2 heterocycles. The molecule has 3 aromatic carbocycles. The standard InChI is InChI=1S/C35H44N6O7S2/c1-35(2,3)48-34(43)40-18-7-8-28(40)25-38-19-21-39(22-20-38)27-13-11-26(12-14-27)33(42)37-50(46,47)30-15-16-31(32(24-30)41(44)45)36-17-23-49-29-9-5-4-6-10-29/h4-6,9-16,24,28,36H,7-8,17-23,25H2,1-3H3,(H,37,42). The van der Waals surface area contributed by atoms with Crippen LogP contribution in [0.5, 0.6) is 0 Å². The molecule has 2 fully saturated rings. The molecule has 50 heavy (non-hydrogen) atoms. The van der Waals surface area contributed by atoms with E-state index in [0.29, 0.717) is 18.8 Å². The van der Waals surface area contributed by atoms with Crippen molar-refractivity contribution in [2.45, 2.75) is 55.0 Å². The third-order valence-electron chi connectivity index (χ3n) is 8.47.